The molecule has 0 aromatic heterocycles. The summed E-state index contributed by atoms with van der Waals surface area (Å²) in [6.07, 6.45) is -4.87. The number of amides is 2. The number of carbonyl (C=O) groups is 2. The third kappa shape index (κ3) is 3.09. The van der Waals surface area contributed by atoms with Crippen LogP contribution in [-0.4, -0.2) is 28.8 Å². The largest absolute Gasteiger partial charge is 0.478 e. The molecule has 0 unspecified atom stereocenters. The van der Waals surface area contributed by atoms with E-state index in [9.17, 15) is 22.8 Å². The molecule has 0 aliphatic heterocycles. The first kappa shape index (κ1) is 15.1. The molecule has 0 radical (unpaired) electrons. The summed E-state index contributed by atoms with van der Waals surface area (Å²) in [5.41, 5.74) is -1.76. The summed E-state index contributed by atoms with van der Waals surface area (Å²) in [5.74, 6) is -1.27. The monoisotopic (exact) mass is 302 g/mol. The number of anilines is 1. The van der Waals surface area contributed by atoms with Gasteiger partial charge in [-0.2, -0.15) is 13.2 Å². The van der Waals surface area contributed by atoms with Gasteiger partial charge in [0.05, 0.1) is 11.3 Å². The van der Waals surface area contributed by atoms with Crippen LogP contribution in [0, 0.1) is 6.92 Å². The Morgan fingerprint density at radius 2 is 1.90 bits per heavy atom. The Labute approximate surface area is 118 Å². The van der Waals surface area contributed by atoms with Gasteiger partial charge in [-0.25, -0.2) is 9.59 Å². The minimum Gasteiger partial charge on any atom is -0.478 e. The number of urea groups is 1. The molecule has 114 valence electrons. The number of aryl methyl sites for hydroxylation is 1. The second kappa shape index (κ2) is 4.94. The van der Waals surface area contributed by atoms with Crippen molar-refractivity contribution in [3.05, 3.63) is 29.3 Å². The molecule has 1 aromatic carbocycles. The fourth-order valence-electron chi connectivity index (χ4n) is 1.92. The highest BCUT2D eigenvalue weighted by molar-refractivity contribution is 6.00. The van der Waals surface area contributed by atoms with Crippen LogP contribution >= 0.6 is 0 Å². The number of aromatic carboxylic acids is 1. The Morgan fingerprint density at radius 3 is 2.38 bits per heavy atom. The minimum absolute atomic E-state index is 0.0522. The lowest BCUT2D eigenvalue weighted by Crippen LogP contribution is -2.49. The summed E-state index contributed by atoms with van der Waals surface area (Å²) in [4.78, 5) is 22.7. The smallest absolute Gasteiger partial charge is 0.411 e. The summed E-state index contributed by atoms with van der Waals surface area (Å²) in [5, 5.41) is 13.1. The molecule has 2 rings (SSSR count). The van der Waals surface area contributed by atoms with Crippen LogP contribution in [0.4, 0.5) is 23.7 Å². The molecule has 1 fully saturated rings. The predicted octanol–water partition coefficient (Wildman–Crippen LogP) is 2.91. The first-order chi connectivity index (χ1) is 9.64. The fourth-order valence-corrected chi connectivity index (χ4v) is 1.92. The molecule has 1 aromatic rings. The molecule has 1 aliphatic rings. The van der Waals surface area contributed by atoms with Crippen LogP contribution in [0.2, 0.25) is 0 Å². The molecule has 2 amide bonds. The molecular formula is C13H13F3N2O3. The fraction of sp³-hybridized carbons (Fsp3) is 0.385. The minimum atomic E-state index is -4.52. The van der Waals surface area contributed by atoms with Crippen LogP contribution in [0.5, 0.6) is 0 Å². The highest BCUT2D eigenvalue weighted by Gasteiger charge is 2.64. The van der Waals surface area contributed by atoms with E-state index in [1.54, 1.807) is 13.0 Å². The molecule has 8 heteroatoms. The summed E-state index contributed by atoms with van der Waals surface area (Å²) < 4.78 is 38.2. The van der Waals surface area contributed by atoms with Gasteiger partial charge < -0.3 is 15.7 Å². The zero-order chi connectivity index (χ0) is 15.8. The van der Waals surface area contributed by atoms with E-state index in [1.807, 2.05) is 5.32 Å². The number of benzene rings is 1. The molecule has 0 saturated heterocycles. The summed E-state index contributed by atoms with van der Waals surface area (Å²) in [6.45, 7) is 1.67. The Kier molecular flexibility index (Phi) is 3.56. The van der Waals surface area contributed by atoms with Gasteiger partial charge in [-0.15, -0.1) is 0 Å². The number of carboxylic acid groups (broad SMARTS) is 1. The van der Waals surface area contributed by atoms with Crippen molar-refractivity contribution in [2.45, 2.75) is 31.5 Å². The van der Waals surface area contributed by atoms with E-state index < -0.39 is 23.7 Å². The van der Waals surface area contributed by atoms with Crippen molar-refractivity contribution in [2.75, 3.05) is 5.32 Å². The maximum Gasteiger partial charge on any atom is 0.411 e. The molecule has 5 nitrogen and oxygen atoms in total. The topological polar surface area (TPSA) is 78.4 Å². The van der Waals surface area contributed by atoms with Gasteiger partial charge in [0.1, 0.15) is 5.54 Å². The second-order valence-corrected chi connectivity index (χ2v) is 5.01. The van der Waals surface area contributed by atoms with Crippen LogP contribution in [-0.2, 0) is 0 Å². The number of alkyl halides is 3. The number of carbonyl (C=O) groups excluding carboxylic acids is 1. The van der Waals surface area contributed by atoms with E-state index in [0.29, 0.717) is 5.56 Å². The first-order valence-electron chi connectivity index (χ1n) is 6.14. The summed E-state index contributed by atoms with van der Waals surface area (Å²) in [7, 11) is 0. The van der Waals surface area contributed by atoms with Crippen molar-refractivity contribution in [1.82, 2.24) is 5.32 Å². The highest BCUT2D eigenvalue weighted by Crippen LogP contribution is 2.48. The van der Waals surface area contributed by atoms with E-state index in [-0.39, 0.29) is 24.1 Å². The van der Waals surface area contributed by atoms with Crippen LogP contribution in [0.25, 0.3) is 0 Å². The molecule has 0 bridgehead atoms. The third-order valence-corrected chi connectivity index (χ3v) is 3.30. The third-order valence-electron chi connectivity index (χ3n) is 3.30. The summed E-state index contributed by atoms with van der Waals surface area (Å²) in [6, 6.07) is 3.15. The lowest BCUT2D eigenvalue weighted by molar-refractivity contribution is -0.162. The predicted molar refractivity (Wildman–Crippen MR) is 68.3 cm³/mol. The quantitative estimate of drug-likeness (QED) is 0.803. The van der Waals surface area contributed by atoms with E-state index in [0.717, 1.165) is 0 Å². The van der Waals surface area contributed by atoms with Crippen molar-refractivity contribution in [1.29, 1.82) is 0 Å². The van der Waals surface area contributed by atoms with Gasteiger partial charge >= 0.3 is 18.2 Å². The van der Waals surface area contributed by atoms with Crippen LogP contribution < -0.4 is 10.6 Å². The normalized spacial score (nSPS) is 16.2. The SMILES string of the molecule is Cc1ccc(NC(=O)NC2(C(F)(F)F)CC2)c(C(=O)O)c1. The Bertz CT molecular complexity index is 595. The maximum absolute atomic E-state index is 12.7. The second-order valence-electron chi connectivity index (χ2n) is 5.01. The average Bonchev–Trinajstić information content (AvgIpc) is 3.11. The van der Waals surface area contributed by atoms with E-state index in [2.05, 4.69) is 5.32 Å². The Hall–Kier alpha value is -2.25. The maximum atomic E-state index is 12.7. The number of hydrogen-bond donors (Lipinski definition) is 3. The zero-order valence-electron chi connectivity index (χ0n) is 11.0. The Morgan fingerprint density at radius 1 is 1.29 bits per heavy atom. The van der Waals surface area contributed by atoms with E-state index >= 15 is 0 Å². The van der Waals surface area contributed by atoms with Crippen molar-refractivity contribution in [3.8, 4) is 0 Å². The van der Waals surface area contributed by atoms with Crippen LogP contribution in [0.1, 0.15) is 28.8 Å². The van der Waals surface area contributed by atoms with E-state index in [4.69, 9.17) is 5.11 Å². The van der Waals surface area contributed by atoms with Crippen LogP contribution in [0.3, 0.4) is 0 Å². The van der Waals surface area contributed by atoms with Gasteiger partial charge in [-0.1, -0.05) is 11.6 Å². The molecule has 3 N–H and O–H groups in total. The molecular weight excluding hydrogens is 289 g/mol. The molecule has 1 saturated carbocycles. The molecule has 21 heavy (non-hydrogen) atoms. The van der Waals surface area contributed by atoms with Crippen molar-refractivity contribution in [2.24, 2.45) is 0 Å². The number of halogens is 3. The van der Waals surface area contributed by atoms with E-state index in [1.165, 1.54) is 12.1 Å². The summed E-state index contributed by atoms with van der Waals surface area (Å²) >= 11 is 0. The molecule has 1 aliphatic carbocycles. The number of hydrogen-bond acceptors (Lipinski definition) is 2. The lowest BCUT2D eigenvalue weighted by Gasteiger charge is -2.21. The van der Waals surface area contributed by atoms with Gasteiger partial charge in [-0.05, 0) is 31.9 Å². The standard InChI is InChI=1S/C13H13F3N2O3/c1-7-2-3-9(8(6-7)10(19)20)17-11(21)18-12(4-5-12)13(14,15)16/h2-3,6H,4-5H2,1H3,(H,19,20)(H2,17,18,21). The van der Waals surface area contributed by atoms with Crippen molar-refractivity contribution < 1.29 is 27.9 Å². The van der Waals surface area contributed by atoms with Crippen LogP contribution in [0.15, 0.2) is 18.2 Å². The van der Waals surface area contributed by atoms with Gasteiger partial charge in [0.15, 0.2) is 0 Å². The average molecular weight is 302 g/mol. The zero-order valence-corrected chi connectivity index (χ0v) is 11.0. The van der Waals surface area contributed by atoms with Gasteiger partial charge in [0.2, 0.25) is 0 Å². The molecule has 0 heterocycles. The van der Waals surface area contributed by atoms with Crippen molar-refractivity contribution in [3.63, 3.8) is 0 Å². The number of rotatable bonds is 3. The van der Waals surface area contributed by atoms with Crippen molar-refractivity contribution >= 4 is 17.7 Å². The number of carboxylic acids is 1. The molecule has 0 atom stereocenters. The lowest BCUT2D eigenvalue weighted by atomic mass is 10.1. The molecule has 0 spiro atoms. The Balaban J connectivity index is 2.13. The van der Waals surface area contributed by atoms with Gasteiger partial charge in [0, 0.05) is 0 Å². The highest BCUT2D eigenvalue weighted by atomic mass is 19.4. The van der Waals surface area contributed by atoms with Gasteiger partial charge in [0.25, 0.3) is 0 Å². The number of nitrogens with one attached hydrogen (secondary N) is 2. The first-order valence-corrected chi connectivity index (χ1v) is 6.14. The van der Waals surface area contributed by atoms with Gasteiger partial charge in [-0.3, -0.25) is 0 Å².